The van der Waals surface area contributed by atoms with Crippen molar-refractivity contribution in [1.82, 2.24) is 9.80 Å². The third-order valence-corrected chi connectivity index (χ3v) is 9.93. The number of hydrogen-bond acceptors (Lipinski definition) is 4. The van der Waals surface area contributed by atoms with Gasteiger partial charge in [0.1, 0.15) is 30.5 Å². The number of nitrogens with zero attached hydrogens (tertiary/aromatic N) is 2. The first-order chi connectivity index (χ1) is 28.2. The molecule has 0 atom stereocenters. The van der Waals surface area contributed by atoms with Gasteiger partial charge in [0.2, 0.25) is 0 Å². The maximum absolute atomic E-state index is 13.6. The van der Waals surface area contributed by atoms with Gasteiger partial charge in [-0.25, -0.2) is 4.39 Å². The number of likely N-dealkylation sites (N-methyl/N-ethyl adjacent to an activating group) is 2. The largest absolute Gasteiger partial charge is 0.492 e. The molecule has 6 rings (SSSR count). The third kappa shape index (κ3) is 12.6. The molecule has 0 saturated carbocycles. The summed E-state index contributed by atoms with van der Waals surface area (Å²) in [6.07, 6.45) is 1.84. The summed E-state index contributed by atoms with van der Waals surface area (Å²) >= 11 is 0. The van der Waals surface area contributed by atoms with Gasteiger partial charge in [-0.05, 0) is 140 Å². The lowest BCUT2D eigenvalue weighted by Crippen LogP contribution is -2.19. The maximum Gasteiger partial charge on any atom is 0.123 e. The van der Waals surface area contributed by atoms with Crippen LogP contribution in [0.1, 0.15) is 65.6 Å². The highest BCUT2D eigenvalue weighted by atomic mass is 19.1. The van der Waals surface area contributed by atoms with Crippen LogP contribution in [-0.2, 0) is 0 Å². The Morgan fingerprint density at radius 3 is 1.14 bits per heavy atom. The van der Waals surface area contributed by atoms with E-state index in [9.17, 15) is 4.39 Å². The Kier molecular flexibility index (Phi) is 16.6. The molecule has 0 aliphatic rings. The van der Waals surface area contributed by atoms with Crippen molar-refractivity contribution in [3.05, 3.63) is 202 Å². The second kappa shape index (κ2) is 22.3. The number of allylic oxidation sites excluding steroid dienone is 2. The van der Waals surface area contributed by atoms with Gasteiger partial charge in [-0.15, -0.1) is 0 Å². The fraction of sp³-hybridized carbons (Fsp3) is 0.245. The molecule has 0 radical (unpaired) electrons. The van der Waals surface area contributed by atoms with Crippen molar-refractivity contribution in [3.63, 3.8) is 0 Å². The minimum atomic E-state index is -0.226. The topological polar surface area (TPSA) is 24.9 Å². The second-order valence-corrected chi connectivity index (χ2v) is 14.9. The van der Waals surface area contributed by atoms with Gasteiger partial charge in [-0.2, -0.15) is 0 Å². The molecule has 5 heteroatoms. The SMILES string of the molecule is CC/C(=C(\c1ccc(F)cc1)c1ccc(OCCN(C)C)cc1)c1ccccc1.CC/C(=C(\c1ccccc1)c1ccc(OCCN(C)C)cc1)c1ccc(C)cc1. The smallest absolute Gasteiger partial charge is 0.123 e. The number of halogens is 1. The van der Waals surface area contributed by atoms with E-state index in [1.54, 1.807) is 0 Å². The van der Waals surface area contributed by atoms with Gasteiger partial charge in [0.25, 0.3) is 0 Å². The van der Waals surface area contributed by atoms with Crippen LogP contribution in [0.4, 0.5) is 4.39 Å². The van der Waals surface area contributed by atoms with Crippen LogP contribution in [0.2, 0.25) is 0 Å². The molecule has 0 amide bonds. The summed E-state index contributed by atoms with van der Waals surface area (Å²) in [5.41, 5.74) is 13.3. The number of ether oxygens (including phenoxy) is 2. The van der Waals surface area contributed by atoms with Crippen LogP contribution in [0, 0.1) is 12.7 Å². The fourth-order valence-corrected chi connectivity index (χ4v) is 6.82. The van der Waals surface area contributed by atoms with Gasteiger partial charge in [0, 0.05) is 13.1 Å². The lowest BCUT2D eigenvalue weighted by Gasteiger charge is -2.17. The molecule has 58 heavy (non-hydrogen) atoms. The van der Waals surface area contributed by atoms with Crippen molar-refractivity contribution < 1.29 is 13.9 Å². The summed E-state index contributed by atoms with van der Waals surface area (Å²) < 4.78 is 25.3. The Morgan fingerprint density at radius 1 is 0.431 bits per heavy atom. The average molecular weight is 775 g/mol. The van der Waals surface area contributed by atoms with E-state index < -0.39 is 0 Å². The molecule has 0 N–H and O–H groups in total. The van der Waals surface area contributed by atoms with Crippen molar-refractivity contribution in [2.24, 2.45) is 0 Å². The molecule has 0 unspecified atom stereocenters. The van der Waals surface area contributed by atoms with Crippen molar-refractivity contribution in [1.29, 1.82) is 0 Å². The first kappa shape index (κ1) is 43.4. The monoisotopic (exact) mass is 774 g/mol. The Labute approximate surface area is 346 Å². The molecular formula is C53H59FN2O2. The van der Waals surface area contributed by atoms with Gasteiger partial charge < -0.3 is 19.3 Å². The van der Waals surface area contributed by atoms with E-state index in [1.807, 2.05) is 44.4 Å². The number of rotatable bonds is 16. The van der Waals surface area contributed by atoms with Gasteiger partial charge in [-0.3, -0.25) is 0 Å². The Morgan fingerprint density at radius 2 is 0.759 bits per heavy atom. The molecule has 300 valence electrons. The van der Waals surface area contributed by atoms with E-state index in [1.165, 1.54) is 56.7 Å². The van der Waals surface area contributed by atoms with Crippen LogP contribution in [0.15, 0.2) is 158 Å². The van der Waals surface area contributed by atoms with E-state index in [-0.39, 0.29) is 5.82 Å². The fourth-order valence-electron chi connectivity index (χ4n) is 6.82. The van der Waals surface area contributed by atoms with E-state index in [2.05, 4.69) is 160 Å². The number of hydrogen-bond donors (Lipinski definition) is 0. The predicted molar refractivity (Wildman–Crippen MR) is 244 cm³/mol. The zero-order chi connectivity index (χ0) is 41.3. The number of aryl methyl sites for hydroxylation is 1. The standard InChI is InChI=1S/C27H31NO.C26H28FNO/c1-5-26(22-13-11-21(2)12-14-22)27(23-9-7-6-8-10-23)24-15-17-25(18-16-24)29-20-19-28(3)4;1-4-25(20-8-6-5-7-9-20)26(21-10-14-23(27)15-11-21)22-12-16-24(17-13-22)29-19-18-28(2)3/h6-18H,5,19-20H2,1-4H3;5-17H,4,18-19H2,1-3H3/b27-26-;26-25-. The zero-order valence-electron chi connectivity index (χ0n) is 35.3. The van der Waals surface area contributed by atoms with Crippen LogP contribution in [0.25, 0.3) is 22.3 Å². The molecular weight excluding hydrogens is 716 g/mol. The quantitative estimate of drug-likeness (QED) is 0.0915. The second-order valence-electron chi connectivity index (χ2n) is 14.9. The van der Waals surface area contributed by atoms with Crippen LogP contribution in [0.5, 0.6) is 11.5 Å². The molecule has 4 nitrogen and oxygen atoms in total. The summed E-state index contributed by atoms with van der Waals surface area (Å²) in [6, 6.07) is 53.3. The normalized spacial score (nSPS) is 12.0. The van der Waals surface area contributed by atoms with Crippen molar-refractivity contribution in [3.8, 4) is 11.5 Å². The molecule has 6 aromatic rings. The summed E-state index contributed by atoms with van der Waals surface area (Å²) in [7, 11) is 8.17. The molecule has 0 heterocycles. The van der Waals surface area contributed by atoms with Crippen molar-refractivity contribution >= 4 is 22.3 Å². The van der Waals surface area contributed by atoms with E-state index >= 15 is 0 Å². The maximum atomic E-state index is 13.6. The van der Waals surface area contributed by atoms with Crippen LogP contribution >= 0.6 is 0 Å². The Hall–Kier alpha value is -5.75. The van der Waals surface area contributed by atoms with Crippen LogP contribution in [0.3, 0.4) is 0 Å². The van der Waals surface area contributed by atoms with E-state index in [4.69, 9.17) is 9.47 Å². The molecule has 0 spiro atoms. The van der Waals surface area contributed by atoms with E-state index in [0.717, 1.165) is 54.1 Å². The lowest BCUT2D eigenvalue weighted by molar-refractivity contribution is 0.261. The third-order valence-electron chi connectivity index (χ3n) is 9.93. The summed E-state index contributed by atoms with van der Waals surface area (Å²) in [5, 5.41) is 0. The first-order valence-electron chi connectivity index (χ1n) is 20.3. The minimum Gasteiger partial charge on any atom is -0.492 e. The zero-order valence-corrected chi connectivity index (χ0v) is 35.3. The van der Waals surface area contributed by atoms with Gasteiger partial charge >= 0.3 is 0 Å². The molecule has 0 aliphatic carbocycles. The molecule has 0 aliphatic heterocycles. The minimum absolute atomic E-state index is 0.226. The van der Waals surface area contributed by atoms with Crippen molar-refractivity contribution in [2.75, 3.05) is 54.5 Å². The predicted octanol–water partition coefficient (Wildman–Crippen LogP) is 12.4. The average Bonchev–Trinajstić information content (AvgIpc) is 3.24. The van der Waals surface area contributed by atoms with E-state index in [0.29, 0.717) is 13.2 Å². The molecule has 0 bridgehead atoms. The summed E-state index contributed by atoms with van der Waals surface area (Å²) in [6.45, 7) is 9.64. The summed E-state index contributed by atoms with van der Waals surface area (Å²) in [5.74, 6) is 1.54. The highest BCUT2D eigenvalue weighted by Crippen LogP contribution is 2.36. The van der Waals surface area contributed by atoms with Gasteiger partial charge in [0.15, 0.2) is 0 Å². The van der Waals surface area contributed by atoms with Gasteiger partial charge in [0.05, 0.1) is 0 Å². The molecule has 0 aromatic heterocycles. The lowest BCUT2D eigenvalue weighted by atomic mass is 9.88. The summed E-state index contributed by atoms with van der Waals surface area (Å²) in [4.78, 5) is 4.22. The van der Waals surface area contributed by atoms with Crippen molar-refractivity contribution in [2.45, 2.75) is 33.6 Å². The molecule has 0 fully saturated rings. The number of benzene rings is 6. The van der Waals surface area contributed by atoms with Crippen LogP contribution < -0.4 is 9.47 Å². The Bertz CT molecular complexity index is 2170. The Balaban J connectivity index is 0.000000221. The highest BCUT2D eigenvalue weighted by molar-refractivity contribution is 5.99. The van der Waals surface area contributed by atoms with Crippen LogP contribution in [-0.4, -0.2) is 64.3 Å². The highest BCUT2D eigenvalue weighted by Gasteiger charge is 2.15. The van der Waals surface area contributed by atoms with Gasteiger partial charge in [-0.1, -0.05) is 141 Å². The first-order valence-corrected chi connectivity index (χ1v) is 20.3. The molecule has 0 saturated heterocycles. The molecule has 6 aromatic carbocycles.